The molecule has 118 valence electrons. The van der Waals surface area contributed by atoms with Crippen molar-refractivity contribution in [3.05, 3.63) is 11.8 Å². The first kappa shape index (κ1) is 18.4. The summed E-state index contributed by atoms with van der Waals surface area (Å²) >= 11 is 0. The molecular weight excluding hydrogens is 315 g/mol. The van der Waals surface area contributed by atoms with Crippen molar-refractivity contribution in [3.63, 3.8) is 0 Å². The Bertz CT molecular complexity index is 382. The largest absolute Gasteiger partial charge is 0.498 e. The maximum absolute atomic E-state index is 12.9. The first-order valence-corrected chi connectivity index (χ1v) is 4.44. The number of alkyl halides is 9. The number of carboxylic acid groups (broad SMARTS) is 1. The summed E-state index contributed by atoms with van der Waals surface area (Å²) in [6, 6.07) is 0. The van der Waals surface area contributed by atoms with Crippen molar-refractivity contribution in [1.82, 2.24) is 0 Å². The topological polar surface area (TPSA) is 46.5 Å². The van der Waals surface area contributed by atoms with Crippen LogP contribution in [0.2, 0.25) is 0 Å². The third-order valence-electron chi connectivity index (χ3n) is 1.66. The van der Waals surface area contributed by atoms with Crippen LogP contribution in [0.15, 0.2) is 11.8 Å². The van der Waals surface area contributed by atoms with Crippen LogP contribution in [0, 0.1) is 0 Å². The first-order valence-electron chi connectivity index (χ1n) is 4.44. The van der Waals surface area contributed by atoms with Gasteiger partial charge >= 0.3 is 24.4 Å². The SMILES string of the molecule is O=C(O)C(=COC(F)(F)C(F)(F)F)C(F)CC(F)(F)F. The van der Waals surface area contributed by atoms with Gasteiger partial charge in [-0.25, -0.2) is 9.18 Å². The van der Waals surface area contributed by atoms with E-state index in [0.29, 0.717) is 0 Å². The van der Waals surface area contributed by atoms with Gasteiger partial charge in [0.1, 0.15) is 18.0 Å². The van der Waals surface area contributed by atoms with Crippen LogP contribution in [0.3, 0.4) is 0 Å². The molecule has 0 aliphatic carbocycles. The summed E-state index contributed by atoms with van der Waals surface area (Å²) in [5, 5.41) is 8.26. The molecule has 1 N–H and O–H groups in total. The Morgan fingerprint density at radius 1 is 1.10 bits per heavy atom. The van der Waals surface area contributed by atoms with Crippen LogP contribution < -0.4 is 0 Å². The van der Waals surface area contributed by atoms with E-state index in [4.69, 9.17) is 5.11 Å². The van der Waals surface area contributed by atoms with Gasteiger partial charge in [0.05, 0.1) is 6.42 Å². The predicted molar refractivity (Wildman–Crippen MR) is 43.4 cm³/mol. The van der Waals surface area contributed by atoms with Crippen molar-refractivity contribution in [2.24, 2.45) is 0 Å². The van der Waals surface area contributed by atoms with Crippen molar-refractivity contribution in [2.75, 3.05) is 0 Å². The molecule has 0 amide bonds. The van der Waals surface area contributed by atoms with Gasteiger partial charge in [-0.2, -0.15) is 35.1 Å². The van der Waals surface area contributed by atoms with Crippen LogP contribution in [0.4, 0.5) is 39.5 Å². The summed E-state index contributed by atoms with van der Waals surface area (Å²) in [6.07, 6.45) is -24.0. The van der Waals surface area contributed by atoms with Crippen molar-refractivity contribution < 1.29 is 54.2 Å². The lowest BCUT2D eigenvalue weighted by Gasteiger charge is -2.19. The Morgan fingerprint density at radius 3 is 1.85 bits per heavy atom. The molecule has 20 heavy (non-hydrogen) atoms. The molecule has 0 spiro atoms. The highest BCUT2D eigenvalue weighted by molar-refractivity contribution is 5.87. The average molecular weight is 320 g/mol. The van der Waals surface area contributed by atoms with Crippen LogP contribution in [-0.4, -0.2) is 35.7 Å². The molecule has 0 radical (unpaired) electrons. The molecule has 0 aromatic carbocycles. The highest BCUT2D eigenvalue weighted by atomic mass is 19.4. The van der Waals surface area contributed by atoms with E-state index in [1.54, 1.807) is 0 Å². The highest BCUT2D eigenvalue weighted by Gasteiger charge is 2.60. The normalized spacial score (nSPS) is 15.9. The third kappa shape index (κ3) is 5.57. The summed E-state index contributed by atoms with van der Waals surface area (Å²) in [6.45, 7) is 0. The van der Waals surface area contributed by atoms with E-state index in [2.05, 4.69) is 4.74 Å². The van der Waals surface area contributed by atoms with Gasteiger partial charge < -0.3 is 9.84 Å². The minimum Gasteiger partial charge on any atom is -0.478 e. The Kier molecular flexibility index (Phi) is 5.32. The molecule has 12 heteroatoms. The van der Waals surface area contributed by atoms with Crippen LogP contribution in [0.25, 0.3) is 0 Å². The Balaban J connectivity index is 5.12. The van der Waals surface area contributed by atoms with E-state index in [-0.39, 0.29) is 0 Å². The molecule has 0 rings (SSSR count). The number of halogens is 9. The molecule has 0 bridgehead atoms. The number of aliphatic carboxylic acids is 1. The fraction of sp³-hybridized carbons (Fsp3) is 0.625. The van der Waals surface area contributed by atoms with Crippen LogP contribution in [0.5, 0.6) is 0 Å². The fourth-order valence-electron chi connectivity index (χ4n) is 0.776. The van der Waals surface area contributed by atoms with Gasteiger partial charge in [-0.05, 0) is 0 Å². The van der Waals surface area contributed by atoms with Crippen molar-refractivity contribution in [2.45, 2.75) is 31.1 Å². The smallest absolute Gasteiger partial charge is 0.478 e. The molecule has 0 aliphatic heterocycles. The quantitative estimate of drug-likeness (QED) is 0.480. The van der Waals surface area contributed by atoms with Crippen molar-refractivity contribution >= 4 is 5.97 Å². The second-order valence-electron chi connectivity index (χ2n) is 3.30. The molecule has 0 saturated heterocycles. The number of hydrogen-bond acceptors (Lipinski definition) is 2. The Hall–Kier alpha value is -1.62. The van der Waals surface area contributed by atoms with Crippen LogP contribution in [-0.2, 0) is 9.53 Å². The number of carboxylic acids is 1. The summed E-state index contributed by atoms with van der Waals surface area (Å²) in [7, 11) is 0. The molecule has 0 aromatic rings. The number of carbonyl (C=O) groups is 1. The predicted octanol–water partition coefficient (Wildman–Crippen LogP) is 3.42. The molecule has 0 aromatic heterocycles. The minimum atomic E-state index is -6.25. The van der Waals surface area contributed by atoms with Crippen LogP contribution in [0.1, 0.15) is 6.42 Å². The lowest BCUT2D eigenvalue weighted by Crippen LogP contribution is -2.38. The summed E-state index contributed by atoms with van der Waals surface area (Å²) < 4.78 is 110. The molecule has 1 unspecified atom stereocenters. The molecule has 1 atom stereocenters. The fourth-order valence-corrected chi connectivity index (χ4v) is 0.776. The molecule has 0 saturated carbocycles. The van der Waals surface area contributed by atoms with Gasteiger partial charge in [-0.3, -0.25) is 0 Å². The minimum absolute atomic E-state index is 0.897. The second-order valence-corrected chi connectivity index (χ2v) is 3.30. The van der Waals surface area contributed by atoms with E-state index in [9.17, 15) is 44.3 Å². The summed E-state index contributed by atoms with van der Waals surface area (Å²) in [5.41, 5.74) is -2.02. The maximum atomic E-state index is 12.9. The number of rotatable bonds is 5. The Morgan fingerprint density at radius 2 is 1.55 bits per heavy atom. The van der Waals surface area contributed by atoms with Gasteiger partial charge in [0.2, 0.25) is 0 Å². The zero-order valence-corrected chi connectivity index (χ0v) is 9.03. The average Bonchev–Trinajstić information content (AvgIpc) is 2.11. The number of ether oxygens (including phenoxy) is 1. The summed E-state index contributed by atoms with van der Waals surface area (Å²) in [4.78, 5) is 10.3. The molecule has 3 nitrogen and oxygen atoms in total. The lowest BCUT2D eigenvalue weighted by molar-refractivity contribution is -0.375. The summed E-state index contributed by atoms with van der Waals surface area (Å²) in [5.74, 6) is -2.47. The van der Waals surface area contributed by atoms with Crippen molar-refractivity contribution in [1.29, 1.82) is 0 Å². The molecule has 0 fully saturated rings. The van der Waals surface area contributed by atoms with Gasteiger partial charge in [0.15, 0.2) is 0 Å². The van der Waals surface area contributed by atoms with Crippen LogP contribution >= 0.6 is 0 Å². The lowest BCUT2D eigenvalue weighted by atomic mass is 10.1. The van der Waals surface area contributed by atoms with E-state index < -0.39 is 48.9 Å². The van der Waals surface area contributed by atoms with E-state index in [1.165, 1.54) is 0 Å². The number of hydrogen-bond donors (Lipinski definition) is 1. The van der Waals surface area contributed by atoms with Gasteiger partial charge in [0, 0.05) is 0 Å². The monoisotopic (exact) mass is 320 g/mol. The van der Waals surface area contributed by atoms with E-state index in [1.807, 2.05) is 0 Å². The molecule has 0 heterocycles. The first-order chi connectivity index (χ1) is 8.67. The highest BCUT2D eigenvalue weighted by Crippen LogP contribution is 2.37. The maximum Gasteiger partial charge on any atom is 0.498 e. The van der Waals surface area contributed by atoms with E-state index in [0.717, 1.165) is 0 Å². The van der Waals surface area contributed by atoms with Gasteiger partial charge in [0.25, 0.3) is 0 Å². The zero-order valence-electron chi connectivity index (χ0n) is 9.03. The zero-order chi connectivity index (χ0) is 16.4. The van der Waals surface area contributed by atoms with Crippen molar-refractivity contribution in [3.8, 4) is 0 Å². The third-order valence-corrected chi connectivity index (χ3v) is 1.66. The molecule has 0 aliphatic rings. The van der Waals surface area contributed by atoms with Gasteiger partial charge in [-0.1, -0.05) is 0 Å². The second kappa shape index (κ2) is 5.79. The molecular formula is C8H5F9O3. The standard InChI is InChI=1S/C8H5F9O3/c9-4(1-6(10,11)12)3(5(18)19)2-20-8(16,17)7(13,14)15/h2,4H,1H2,(H,18,19). The van der Waals surface area contributed by atoms with Gasteiger partial charge in [-0.15, -0.1) is 0 Å². The Labute approximate surface area is 104 Å². The van der Waals surface area contributed by atoms with E-state index >= 15 is 0 Å².